The number of nitrogens with two attached hydrogens (primary N) is 2. The molecule has 0 saturated heterocycles. The van der Waals surface area contributed by atoms with Gasteiger partial charge in [0.2, 0.25) is 5.91 Å². The Bertz CT molecular complexity index is 256. The van der Waals surface area contributed by atoms with Crippen molar-refractivity contribution in [1.29, 1.82) is 0 Å². The summed E-state index contributed by atoms with van der Waals surface area (Å²) in [5, 5.41) is 2.38. The highest BCUT2D eigenvalue weighted by molar-refractivity contribution is 5.85. The highest BCUT2D eigenvalue weighted by Crippen LogP contribution is 2.07. The number of hydrogen-bond acceptors (Lipinski definition) is 5. The second-order valence-electron chi connectivity index (χ2n) is 3.85. The van der Waals surface area contributed by atoms with Crippen molar-refractivity contribution in [3.63, 3.8) is 0 Å². The van der Waals surface area contributed by atoms with Gasteiger partial charge in [-0.05, 0) is 26.2 Å². The van der Waals surface area contributed by atoms with Crippen molar-refractivity contribution in [2.24, 2.45) is 11.5 Å². The molecule has 92 valence electrons. The highest BCUT2D eigenvalue weighted by Gasteiger charge is 2.26. The Labute approximate surface area is 94.7 Å². The molecular weight excluding hydrogens is 210 g/mol. The number of unbranched alkanes of at least 4 members (excludes halogenated alkanes) is 2. The molecule has 0 fully saturated rings. The first-order chi connectivity index (χ1) is 7.45. The fourth-order valence-electron chi connectivity index (χ4n) is 1.14. The van der Waals surface area contributed by atoms with Crippen LogP contribution in [0, 0.1) is 0 Å². The van der Waals surface area contributed by atoms with Crippen molar-refractivity contribution in [3.8, 4) is 0 Å². The van der Waals surface area contributed by atoms with E-state index in [1.807, 2.05) is 0 Å². The Morgan fingerprint density at radius 1 is 1.44 bits per heavy atom. The van der Waals surface area contributed by atoms with Crippen LogP contribution in [0.15, 0.2) is 0 Å². The van der Waals surface area contributed by atoms with Gasteiger partial charge < -0.3 is 21.6 Å². The SMILES string of the molecule is C[C@@H](N)C(=O)N[C@](N)(C=O)CCCCC=O. The zero-order valence-electron chi connectivity index (χ0n) is 9.44. The van der Waals surface area contributed by atoms with E-state index in [1.54, 1.807) is 0 Å². The summed E-state index contributed by atoms with van der Waals surface area (Å²) in [4.78, 5) is 32.2. The Kier molecular flexibility index (Phi) is 6.52. The van der Waals surface area contributed by atoms with E-state index in [1.165, 1.54) is 6.92 Å². The molecular formula is C10H19N3O3. The van der Waals surface area contributed by atoms with Crippen LogP contribution in [-0.2, 0) is 14.4 Å². The van der Waals surface area contributed by atoms with E-state index in [2.05, 4.69) is 5.32 Å². The van der Waals surface area contributed by atoms with Gasteiger partial charge in [-0.3, -0.25) is 9.59 Å². The summed E-state index contributed by atoms with van der Waals surface area (Å²) in [6, 6.07) is -0.710. The van der Waals surface area contributed by atoms with Crippen molar-refractivity contribution >= 4 is 18.5 Å². The van der Waals surface area contributed by atoms with Gasteiger partial charge in [-0.25, -0.2) is 0 Å². The van der Waals surface area contributed by atoms with Crippen LogP contribution >= 0.6 is 0 Å². The smallest absolute Gasteiger partial charge is 0.238 e. The molecule has 6 nitrogen and oxygen atoms in total. The third kappa shape index (κ3) is 5.57. The van der Waals surface area contributed by atoms with Crippen molar-refractivity contribution in [2.45, 2.75) is 44.3 Å². The van der Waals surface area contributed by atoms with Crippen molar-refractivity contribution in [3.05, 3.63) is 0 Å². The lowest BCUT2D eigenvalue weighted by molar-refractivity contribution is -0.127. The predicted molar refractivity (Wildman–Crippen MR) is 59.3 cm³/mol. The lowest BCUT2D eigenvalue weighted by Crippen LogP contribution is -2.60. The van der Waals surface area contributed by atoms with E-state index in [0.29, 0.717) is 32.0 Å². The normalized spacial score (nSPS) is 15.9. The average Bonchev–Trinajstić information content (AvgIpc) is 2.24. The van der Waals surface area contributed by atoms with Gasteiger partial charge in [0.05, 0.1) is 6.04 Å². The molecule has 2 atom stereocenters. The summed E-state index contributed by atoms with van der Waals surface area (Å²) in [6.45, 7) is 1.51. The second kappa shape index (κ2) is 7.08. The lowest BCUT2D eigenvalue weighted by Gasteiger charge is -2.25. The first-order valence-electron chi connectivity index (χ1n) is 5.21. The maximum atomic E-state index is 11.3. The second-order valence-corrected chi connectivity index (χ2v) is 3.85. The fourth-order valence-corrected chi connectivity index (χ4v) is 1.14. The minimum absolute atomic E-state index is 0.294. The molecule has 0 aliphatic rings. The predicted octanol–water partition coefficient (Wildman–Crippen LogP) is -0.937. The summed E-state index contributed by atoms with van der Waals surface area (Å²) < 4.78 is 0. The van der Waals surface area contributed by atoms with Gasteiger partial charge in [0, 0.05) is 6.42 Å². The number of carbonyl (C=O) groups is 3. The summed E-state index contributed by atoms with van der Waals surface area (Å²) in [5.41, 5.74) is 9.64. The highest BCUT2D eigenvalue weighted by atomic mass is 16.2. The summed E-state index contributed by atoms with van der Waals surface area (Å²) in [7, 11) is 0. The summed E-state index contributed by atoms with van der Waals surface area (Å²) >= 11 is 0. The van der Waals surface area contributed by atoms with Gasteiger partial charge in [0.25, 0.3) is 0 Å². The number of carbonyl (C=O) groups excluding carboxylic acids is 3. The van der Waals surface area contributed by atoms with Gasteiger partial charge >= 0.3 is 0 Å². The first-order valence-corrected chi connectivity index (χ1v) is 5.21. The zero-order valence-corrected chi connectivity index (χ0v) is 9.44. The molecule has 0 radical (unpaired) electrons. The minimum Gasteiger partial charge on any atom is -0.331 e. The van der Waals surface area contributed by atoms with Gasteiger partial charge in [0.1, 0.15) is 11.9 Å². The minimum atomic E-state index is -1.38. The Balaban J connectivity index is 4.14. The Morgan fingerprint density at radius 2 is 2.06 bits per heavy atom. The van der Waals surface area contributed by atoms with Crippen LogP contribution in [0.5, 0.6) is 0 Å². The number of nitrogens with one attached hydrogen (secondary N) is 1. The standard InChI is InChI=1S/C10H19N3O3/c1-8(11)9(16)13-10(12,7-15)5-3-2-4-6-14/h6-8H,2-5,11-12H2,1H3,(H,13,16)/t8-,10+/m1/s1. The van der Waals surface area contributed by atoms with Gasteiger partial charge in [-0.2, -0.15) is 0 Å². The Hall–Kier alpha value is -1.27. The third-order valence-electron chi connectivity index (χ3n) is 2.14. The van der Waals surface area contributed by atoms with Crippen LogP contribution in [0.4, 0.5) is 0 Å². The summed E-state index contributed by atoms with van der Waals surface area (Å²) in [6.07, 6.45) is 3.25. The van der Waals surface area contributed by atoms with E-state index in [4.69, 9.17) is 11.5 Å². The van der Waals surface area contributed by atoms with Crippen LogP contribution in [-0.4, -0.2) is 30.2 Å². The molecule has 6 heteroatoms. The van der Waals surface area contributed by atoms with Crippen molar-refractivity contribution < 1.29 is 14.4 Å². The molecule has 0 bridgehead atoms. The number of rotatable bonds is 8. The summed E-state index contributed by atoms with van der Waals surface area (Å²) in [5.74, 6) is -0.468. The maximum Gasteiger partial charge on any atom is 0.238 e. The average molecular weight is 229 g/mol. The first kappa shape index (κ1) is 14.7. The molecule has 0 aliphatic heterocycles. The van der Waals surface area contributed by atoms with Gasteiger partial charge in [-0.15, -0.1) is 0 Å². The van der Waals surface area contributed by atoms with Crippen LogP contribution in [0.3, 0.4) is 0 Å². The molecule has 0 aromatic rings. The molecule has 0 heterocycles. The molecule has 0 aromatic carbocycles. The monoisotopic (exact) mass is 229 g/mol. The van der Waals surface area contributed by atoms with Crippen LogP contribution in [0.25, 0.3) is 0 Å². The molecule has 1 amide bonds. The molecule has 16 heavy (non-hydrogen) atoms. The van der Waals surface area contributed by atoms with Gasteiger partial charge in [0.15, 0.2) is 6.29 Å². The van der Waals surface area contributed by atoms with E-state index in [9.17, 15) is 14.4 Å². The molecule has 0 spiro atoms. The van der Waals surface area contributed by atoms with E-state index < -0.39 is 17.6 Å². The molecule has 0 aliphatic carbocycles. The molecule has 0 saturated carbocycles. The molecule has 0 unspecified atom stereocenters. The van der Waals surface area contributed by atoms with E-state index >= 15 is 0 Å². The molecule has 0 aromatic heterocycles. The fraction of sp³-hybridized carbons (Fsp3) is 0.700. The van der Waals surface area contributed by atoms with Crippen molar-refractivity contribution in [1.82, 2.24) is 5.32 Å². The zero-order chi connectivity index (χ0) is 12.6. The Morgan fingerprint density at radius 3 is 2.50 bits per heavy atom. The van der Waals surface area contributed by atoms with Gasteiger partial charge in [-0.1, -0.05) is 0 Å². The largest absolute Gasteiger partial charge is 0.331 e. The van der Waals surface area contributed by atoms with Crippen LogP contribution < -0.4 is 16.8 Å². The van der Waals surface area contributed by atoms with Crippen LogP contribution in [0.2, 0.25) is 0 Å². The lowest BCUT2D eigenvalue weighted by atomic mass is 10.0. The molecule has 0 rings (SSSR count). The van der Waals surface area contributed by atoms with Crippen molar-refractivity contribution in [2.75, 3.05) is 0 Å². The van der Waals surface area contributed by atoms with Crippen LogP contribution in [0.1, 0.15) is 32.6 Å². The van der Waals surface area contributed by atoms with E-state index in [0.717, 1.165) is 6.29 Å². The third-order valence-corrected chi connectivity index (χ3v) is 2.14. The molecule has 5 N–H and O–H groups in total. The van der Waals surface area contributed by atoms with E-state index in [-0.39, 0.29) is 0 Å². The number of amides is 1. The number of hydrogen-bond donors (Lipinski definition) is 3. The quantitative estimate of drug-likeness (QED) is 0.282. The topological polar surface area (TPSA) is 115 Å². The number of aldehydes is 2. The maximum absolute atomic E-state index is 11.3.